The molecule has 2 heterocycles. The Morgan fingerprint density at radius 2 is 1.88 bits per heavy atom. The van der Waals surface area contributed by atoms with Crippen LogP contribution in [0.4, 0.5) is 0 Å². The maximum Gasteiger partial charge on any atom is 0.439 e. The summed E-state index contributed by atoms with van der Waals surface area (Å²) in [6, 6.07) is 7.40. The number of hydrogen-bond donors (Lipinski definition) is 1. The number of benzene rings is 1. The first-order chi connectivity index (χ1) is 8.33. The molecule has 0 amide bonds. The van der Waals surface area contributed by atoms with Crippen LogP contribution in [0.5, 0.6) is 0 Å². The Balaban J connectivity index is 1.86. The van der Waals surface area contributed by atoms with Gasteiger partial charge in [-0.3, -0.25) is 9.51 Å². The molecule has 1 N–H and O–H groups in total. The van der Waals surface area contributed by atoms with Crippen LogP contribution < -0.4 is 5.76 Å². The molecule has 0 spiro atoms. The normalized spacial score (nSPS) is 16.5. The van der Waals surface area contributed by atoms with Gasteiger partial charge in [0.2, 0.25) is 0 Å². The van der Waals surface area contributed by atoms with Gasteiger partial charge >= 0.3 is 5.76 Å². The number of aromatic nitrogens is 2. The largest absolute Gasteiger partial charge is 0.439 e. The number of rotatable bonds is 2. The van der Waals surface area contributed by atoms with E-state index in [-0.39, 0.29) is 6.29 Å². The molecule has 2 aromatic rings. The molecule has 1 aliphatic rings. The predicted molar refractivity (Wildman–Crippen MR) is 57.2 cm³/mol. The summed E-state index contributed by atoms with van der Waals surface area (Å²) in [4.78, 5) is 13.3. The van der Waals surface area contributed by atoms with E-state index in [1.165, 1.54) is 0 Å². The third kappa shape index (κ3) is 2.00. The van der Waals surface area contributed by atoms with Gasteiger partial charge in [-0.15, -0.1) is 0 Å². The van der Waals surface area contributed by atoms with E-state index in [0.717, 1.165) is 11.1 Å². The molecule has 3 rings (SSSR count). The molecule has 1 aliphatic heterocycles. The van der Waals surface area contributed by atoms with Crippen LogP contribution in [0.2, 0.25) is 0 Å². The van der Waals surface area contributed by atoms with Crippen molar-refractivity contribution in [2.24, 2.45) is 0 Å². The van der Waals surface area contributed by atoms with Crippen molar-refractivity contribution in [1.82, 2.24) is 10.1 Å². The van der Waals surface area contributed by atoms with Gasteiger partial charge in [-0.2, -0.15) is 0 Å². The van der Waals surface area contributed by atoms with Gasteiger partial charge in [-0.05, 0) is 0 Å². The Kier molecular flexibility index (Phi) is 2.50. The first kappa shape index (κ1) is 10.2. The second-order valence-electron chi connectivity index (χ2n) is 3.64. The third-order valence-electron chi connectivity index (χ3n) is 2.52. The van der Waals surface area contributed by atoms with E-state index in [1.54, 1.807) is 0 Å². The highest BCUT2D eigenvalue weighted by molar-refractivity contribution is 5.54. The molecule has 1 aromatic heterocycles. The van der Waals surface area contributed by atoms with Gasteiger partial charge in [0, 0.05) is 11.1 Å². The van der Waals surface area contributed by atoms with Gasteiger partial charge in [0.1, 0.15) is 0 Å². The van der Waals surface area contributed by atoms with E-state index >= 15 is 0 Å². The first-order valence-electron chi connectivity index (χ1n) is 5.22. The summed E-state index contributed by atoms with van der Waals surface area (Å²) < 4.78 is 15.2. The van der Waals surface area contributed by atoms with E-state index in [4.69, 9.17) is 9.47 Å². The summed E-state index contributed by atoms with van der Waals surface area (Å²) in [5.41, 5.74) is 1.72. The van der Waals surface area contributed by atoms with Crippen LogP contribution in [0.25, 0.3) is 11.4 Å². The first-order valence-corrected chi connectivity index (χ1v) is 5.22. The van der Waals surface area contributed by atoms with E-state index in [2.05, 4.69) is 14.7 Å². The van der Waals surface area contributed by atoms with Crippen molar-refractivity contribution >= 4 is 0 Å². The second kappa shape index (κ2) is 4.15. The number of nitrogens with one attached hydrogen (secondary N) is 1. The molecule has 1 aromatic carbocycles. The molecule has 17 heavy (non-hydrogen) atoms. The topological polar surface area (TPSA) is 77.4 Å². The smallest absolute Gasteiger partial charge is 0.346 e. The van der Waals surface area contributed by atoms with Gasteiger partial charge in [0.25, 0.3) is 0 Å². The fourth-order valence-electron chi connectivity index (χ4n) is 1.70. The lowest BCUT2D eigenvalue weighted by molar-refractivity contribution is -0.0441. The maximum atomic E-state index is 10.8. The quantitative estimate of drug-likeness (QED) is 0.841. The zero-order valence-corrected chi connectivity index (χ0v) is 8.88. The Labute approximate surface area is 96.2 Å². The zero-order valence-electron chi connectivity index (χ0n) is 8.88. The van der Waals surface area contributed by atoms with Crippen LogP contribution in [0, 0.1) is 0 Å². The molecule has 6 heteroatoms. The van der Waals surface area contributed by atoms with Crippen molar-refractivity contribution in [2.75, 3.05) is 13.2 Å². The summed E-state index contributed by atoms with van der Waals surface area (Å²) in [5, 5.41) is 3.61. The monoisotopic (exact) mass is 234 g/mol. The van der Waals surface area contributed by atoms with E-state index in [9.17, 15) is 4.79 Å². The van der Waals surface area contributed by atoms with Crippen LogP contribution in [0.15, 0.2) is 33.6 Å². The lowest BCUT2D eigenvalue weighted by atomic mass is 10.1. The molecule has 1 saturated heterocycles. The Morgan fingerprint density at radius 3 is 2.47 bits per heavy atom. The average Bonchev–Trinajstić information content (AvgIpc) is 3.00. The van der Waals surface area contributed by atoms with E-state index in [0.29, 0.717) is 19.0 Å². The van der Waals surface area contributed by atoms with Crippen molar-refractivity contribution in [2.45, 2.75) is 6.29 Å². The Bertz CT molecular complexity index is 551. The van der Waals surface area contributed by atoms with Crippen LogP contribution in [-0.4, -0.2) is 23.4 Å². The van der Waals surface area contributed by atoms with Crippen molar-refractivity contribution in [3.05, 3.63) is 40.4 Å². The number of aromatic amines is 1. The molecule has 0 radical (unpaired) electrons. The zero-order chi connectivity index (χ0) is 11.7. The highest BCUT2D eigenvalue weighted by Gasteiger charge is 2.18. The summed E-state index contributed by atoms with van der Waals surface area (Å²) in [7, 11) is 0. The molecule has 88 valence electrons. The third-order valence-corrected chi connectivity index (χ3v) is 2.52. The Hall–Kier alpha value is -1.92. The molecule has 0 unspecified atom stereocenters. The second-order valence-corrected chi connectivity index (χ2v) is 3.64. The van der Waals surface area contributed by atoms with Crippen LogP contribution in [-0.2, 0) is 9.47 Å². The van der Waals surface area contributed by atoms with E-state index in [1.807, 2.05) is 24.3 Å². The number of nitrogens with zero attached hydrogens (tertiary/aromatic N) is 1. The van der Waals surface area contributed by atoms with Crippen molar-refractivity contribution < 1.29 is 14.0 Å². The number of ether oxygens (including phenoxy) is 2. The molecular formula is C11H10N2O4. The van der Waals surface area contributed by atoms with Gasteiger partial charge < -0.3 is 9.47 Å². The molecular weight excluding hydrogens is 224 g/mol. The van der Waals surface area contributed by atoms with Crippen molar-refractivity contribution in [3.63, 3.8) is 0 Å². The molecule has 0 saturated carbocycles. The summed E-state index contributed by atoms with van der Waals surface area (Å²) >= 11 is 0. The average molecular weight is 234 g/mol. The number of hydrogen-bond acceptors (Lipinski definition) is 5. The van der Waals surface area contributed by atoms with E-state index < -0.39 is 5.76 Å². The minimum atomic E-state index is -0.563. The minimum Gasteiger partial charge on any atom is -0.346 e. The highest BCUT2D eigenvalue weighted by Crippen LogP contribution is 2.24. The lowest BCUT2D eigenvalue weighted by Crippen LogP contribution is -1.98. The number of H-pyrrole nitrogens is 1. The minimum absolute atomic E-state index is 0.291. The van der Waals surface area contributed by atoms with Gasteiger partial charge in [-0.25, -0.2) is 4.79 Å². The van der Waals surface area contributed by atoms with Gasteiger partial charge in [0.05, 0.1) is 13.2 Å². The lowest BCUT2D eigenvalue weighted by Gasteiger charge is -2.08. The fourth-order valence-corrected chi connectivity index (χ4v) is 1.70. The van der Waals surface area contributed by atoms with Crippen molar-refractivity contribution in [1.29, 1.82) is 0 Å². The van der Waals surface area contributed by atoms with Crippen LogP contribution in [0.1, 0.15) is 11.9 Å². The standard InChI is InChI=1S/C11H10N2O4/c14-11-12-9(13-17-11)7-1-3-8(4-2-7)10-15-5-6-16-10/h1-4,10H,5-6H2,(H,12,13,14). The maximum absolute atomic E-state index is 10.8. The summed E-state index contributed by atoms with van der Waals surface area (Å²) in [5.74, 6) is -0.152. The molecule has 0 atom stereocenters. The summed E-state index contributed by atoms with van der Waals surface area (Å²) in [6.45, 7) is 1.23. The molecule has 1 fully saturated rings. The van der Waals surface area contributed by atoms with Crippen molar-refractivity contribution in [3.8, 4) is 11.4 Å². The summed E-state index contributed by atoms with van der Waals surface area (Å²) in [6.07, 6.45) is -0.291. The predicted octanol–water partition coefficient (Wildman–Crippen LogP) is 1.08. The van der Waals surface area contributed by atoms with Gasteiger partial charge in [0.15, 0.2) is 12.1 Å². The molecule has 6 nitrogen and oxygen atoms in total. The fraction of sp³-hybridized carbons (Fsp3) is 0.273. The molecule has 0 bridgehead atoms. The van der Waals surface area contributed by atoms with Crippen LogP contribution in [0.3, 0.4) is 0 Å². The molecule has 0 aliphatic carbocycles. The Morgan fingerprint density at radius 1 is 1.18 bits per heavy atom. The van der Waals surface area contributed by atoms with Crippen LogP contribution >= 0.6 is 0 Å². The highest BCUT2D eigenvalue weighted by atomic mass is 16.7. The van der Waals surface area contributed by atoms with Gasteiger partial charge in [-0.1, -0.05) is 29.4 Å². The SMILES string of the molecule is O=c1[nH]c(-c2ccc(C3OCCO3)cc2)no1.